The van der Waals surface area contributed by atoms with Gasteiger partial charge in [0.15, 0.2) is 5.69 Å². The molecule has 1 unspecified atom stereocenters. The van der Waals surface area contributed by atoms with Crippen LogP contribution in [-0.2, 0) is 4.74 Å². The maximum atomic E-state index is 11.7. The van der Waals surface area contributed by atoms with Gasteiger partial charge in [-0.2, -0.15) is 0 Å². The number of rotatable bonds is 2. The number of aryl methyl sites for hydroxylation is 1. The SMILES string of the molecule is COC(=O)c1nc(C2CCOc3ccccc32)sc1C. The Kier molecular flexibility index (Phi) is 3.44. The van der Waals surface area contributed by atoms with Crippen LogP contribution in [0.4, 0.5) is 0 Å². The molecule has 1 aromatic carbocycles. The van der Waals surface area contributed by atoms with Crippen molar-refractivity contribution in [3.05, 3.63) is 45.4 Å². The van der Waals surface area contributed by atoms with Gasteiger partial charge in [0.2, 0.25) is 0 Å². The van der Waals surface area contributed by atoms with E-state index in [1.54, 1.807) is 11.3 Å². The number of nitrogens with zero attached hydrogens (tertiary/aromatic N) is 1. The fourth-order valence-corrected chi connectivity index (χ4v) is 3.51. The molecule has 104 valence electrons. The van der Waals surface area contributed by atoms with Gasteiger partial charge >= 0.3 is 5.97 Å². The fraction of sp³-hybridized carbons (Fsp3) is 0.333. The van der Waals surface area contributed by atoms with Crippen LogP contribution in [-0.4, -0.2) is 24.7 Å². The van der Waals surface area contributed by atoms with Crippen molar-refractivity contribution in [2.75, 3.05) is 13.7 Å². The van der Waals surface area contributed by atoms with E-state index < -0.39 is 0 Å². The molecule has 0 amide bonds. The van der Waals surface area contributed by atoms with Crippen molar-refractivity contribution < 1.29 is 14.3 Å². The third-order valence-electron chi connectivity index (χ3n) is 3.45. The number of ether oxygens (including phenoxy) is 2. The van der Waals surface area contributed by atoms with E-state index in [-0.39, 0.29) is 11.9 Å². The summed E-state index contributed by atoms with van der Waals surface area (Å²) >= 11 is 1.56. The summed E-state index contributed by atoms with van der Waals surface area (Å²) in [5.74, 6) is 0.739. The highest BCUT2D eigenvalue weighted by atomic mass is 32.1. The van der Waals surface area contributed by atoms with Crippen LogP contribution < -0.4 is 4.74 Å². The van der Waals surface area contributed by atoms with Crippen LogP contribution in [0.1, 0.15) is 38.3 Å². The molecule has 0 bridgehead atoms. The monoisotopic (exact) mass is 289 g/mol. The Balaban J connectivity index is 2.01. The number of carbonyl (C=O) groups is 1. The van der Waals surface area contributed by atoms with Gasteiger partial charge in [0.05, 0.1) is 13.7 Å². The topological polar surface area (TPSA) is 48.4 Å². The first-order valence-electron chi connectivity index (χ1n) is 6.48. The van der Waals surface area contributed by atoms with E-state index >= 15 is 0 Å². The number of para-hydroxylation sites is 1. The molecule has 1 aliphatic heterocycles. The van der Waals surface area contributed by atoms with Gasteiger partial charge in [0.1, 0.15) is 10.8 Å². The van der Waals surface area contributed by atoms with Crippen molar-refractivity contribution in [3.63, 3.8) is 0 Å². The second-order valence-corrected chi connectivity index (χ2v) is 5.91. The number of esters is 1. The largest absolute Gasteiger partial charge is 0.493 e. The predicted molar refractivity (Wildman–Crippen MR) is 76.6 cm³/mol. The summed E-state index contributed by atoms with van der Waals surface area (Å²) in [6.45, 7) is 2.58. The number of thiazole rings is 1. The number of fused-ring (bicyclic) bond motifs is 1. The first-order chi connectivity index (χ1) is 9.70. The first-order valence-corrected chi connectivity index (χ1v) is 7.29. The van der Waals surface area contributed by atoms with Gasteiger partial charge in [-0.1, -0.05) is 18.2 Å². The first kappa shape index (κ1) is 13.1. The van der Waals surface area contributed by atoms with Crippen molar-refractivity contribution in [1.82, 2.24) is 4.98 Å². The molecule has 0 N–H and O–H groups in total. The zero-order valence-corrected chi connectivity index (χ0v) is 12.2. The van der Waals surface area contributed by atoms with E-state index in [1.165, 1.54) is 7.11 Å². The van der Waals surface area contributed by atoms with Crippen LogP contribution in [0.25, 0.3) is 0 Å². The average molecular weight is 289 g/mol. The second kappa shape index (κ2) is 5.25. The summed E-state index contributed by atoms with van der Waals surface area (Å²) in [4.78, 5) is 17.1. The van der Waals surface area contributed by atoms with E-state index in [9.17, 15) is 4.79 Å². The zero-order valence-electron chi connectivity index (χ0n) is 11.4. The fourth-order valence-electron chi connectivity index (χ4n) is 2.45. The molecule has 0 spiro atoms. The quantitative estimate of drug-likeness (QED) is 0.797. The number of aromatic nitrogens is 1. The van der Waals surface area contributed by atoms with Crippen LogP contribution in [0.15, 0.2) is 24.3 Å². The molecule has 0 aliphatic carbocycles. The van der Waals surface area contributed by atoms with Crippen molar-refractivity contribution in [2.24, 2.45) is 0 Å². The van der Waals surface area contributed by atoms with Gasteiger partial charge in [-0.15, -0.1) is 11.3 Å². The molecule has 1 aliphatic rings. The molecule has 0 saturated carbocycles. The minimum absolute atomic E-state index is 0.196. The number of hydrogen-bond donors (Lipinski definition) is 0. The number of hydrogen-bond acceptors (Lipinski definition) is 5. The lowest BCUT2D eigenvalue weighted by molar-refractivity contribution is 0.0594. The maximum absolute atomic E-state index is 11.7. The van der Waals surface area contributed by atoms with Crippen molar-refractivity contribution in [1.29, 1.82) is 0 Å². The normalized spacial score (nSPS) is 17.2. The van der Waals surface area contributed by atoms with Gasteiger partial charge in [-0.25, -0.2) is 9.78 Å². The molecule has 5 heteroatoms. The van der Waals surface area contributed by atoms with E-state index in [4.69, 9.17) is 9.47 Å². The average Bonchev–Trinajstić information content (AvgIpc) is 2.87. The van der Waals surface area contributed by atoms with Gasteiger partial charge in [-0.3, -0.25) is 0 Å². The van der Waals surface area contributed by atoms with E-state index in [2.05, 4.69) is 11.1 Å². The summed E-state index contributed by atoms with van der Waals surface area (Å²) in [7, 11) is 1.38. The molecule has 20 heavy (non-hydrogen) atoms. The van der Waals surface area contributed by atoms with Gasteiger partial charge in [0, 0.05) is 16.4 Å². The second-order valence-electron chi connectivity index (χ2n) is 4.68. The minimum Gasteiger partial charge on any atom is -0.493 e. The number of benzene rings is 1. The van der Waals surface area contributed by atoms with Crippen molar-refractivity contribution >= 4 is 17.3 Å². The van der Waals surface area contributed by atoms with Gasteiger partial charge in [-0.05, 0) is 19.4 Å². The van der Waals surface area contributed by atoms with Crippen molar-refractivity contribution in [3.8, 4) is 5.75 Å². The van der Waals surface area contributed by atoms with Crippen LogP contribution in [0, 0.1) is 6.92 Å². The Morgan fingerprint density at radius 1 is 1.45 bits per heavy atom. The summed E-state index contributed by atoms with van der Waals surface area (Å²) < 4.78 is 10.4. The molecule has 3 rings (SSSR count). The minimum atomic E-state index is -0.370. The lowest BCUT2D eigenvalue weighted by atomic mass is 9.94. The van der Waals surface area contributed by atoms with Crippen LogP contribution in [0.5, 0.6) is 5.75 Å². The standard InChI is InChI=1S/C15H15NO3S/c1-9-13(15(17)18-2)16-14(20-9)11-7-8-19-12-6-4-3-5-10(11)12/h3-6,11H,7-8H2,1-2H3. The van der Waals surface area contributed by atoms with Crippen LogP contribution >= 0.6 is 11.3 Å². The highest BCUT2D eigenvalue weighted by molar-refractivity contribution is 7.12. The molecular formula is C15H15NO3S. The lowest BCUT2D eigenvalue weighted by Gasteiger charge is -2.24. The highest BCUT2D eigenvalue weighted by Crippen LogP contribution is 2.39. The molecule has 0 fully saturated rings. The molecular weight excluding hydrogens is 274 g/mol. The predicted octanol–water partition coefficient (Wildman–Crippen LogP) is 3.15. The van der Waals surface area contributed by atoms with E-state index in [0.717, 1.165) is 27.6 Å². The van der Waals surface area contributed by atoms with E-state index in [0.29, 0.717) is 12.3 Å². The Bertz CT molecular complexity index is 650. The molecule has 2 heterocycles. The maximum Gasteiger partial charge on any atom is 0.357 e. The van der Waals surface area contributed by atoms with Gasteiger partial charge in [0.25, 0.3) is 0 Å². The summed E-state index contributed by atoms with van der Waals surface area (Å²) in [5.41, 5.74) is 1.57. The molecule has 2 aromatic rings. The summed E-state index contributed by atoms with van der Waals surface area (Å²) in [5, 5.41) is 0.957. The number of methoxy groups -OCH3 is 1. The third kappa shape index (κ3) is 2.18. The van der Waals surface area contributed by atoms with Crippen LogP contribution in [0.2, 0.25) is 0 Å². The lowest BCUT2D eigenvalue weighted by Crippen LogP contribution is -2.15. The zero-order chi connectivity index (χ0) is 14.1. The number of carbonyl (C=O) groups excluding carboxylic acids is 1. The molecule has 1 aromatic heterocycles. The summed E-state index contributed by atoms with van der Waals surface area (Å²) in [6.07, 6.45) is 0.880. The Morgan fingerprint density at radius 3 is 3.05 bits per heavy atom. The Morgan fingerprint density at radius 2 is 2.25 bits per heavy atom. The van der Waals surface area contributed by atoms with Gasteiger partial charge < -0.3 is 9.47 Å². The van der Waals surface area contributed by atoms with E-state index in [1.807, 2.05) is 25.1 Å². The third-order valence-corrected chi connectivity index (χ3v) is 4.53. The Labute approximate surface area is 121 Å². The Hall–Kier alpha value is -1.88. The highest BCUT2D eigenvalue weighted by Gasteiger charge is 2.27. The molecule has 4 nitrogen and oxygen atoms in total. The smallest absolute Gasteiger partial charge is 0.357 e. The summed E-state index contributed by atoms with van der Waals surface area (Å²) in [6, 6.07) is 8.01. The molecule has 0 saturated heterocycles. The van der Waals surface area contributed by atoms with Crippen LogP contribution in [0.3, 0.4) is 0 Å². The molecule has 0 radical (unpaired) electrons. The molecule has 1 atom stereocenters. The van der Waals surface area contributed by atoms with Crippen molar-refractivity contribution in [2.45, 2.75) is 19.3 Å².